The average molecular weight is 271 g/mol. The maximum Gasteiger partial charge on any atom is 0.233 e. The van der Waals surface area contributed by atoms with Crippen LogP contribution < -0.4 is 5.73 Å². The zero-order chi connectivity index (χ0) is 12.8. The Morgan fingerprint density at radius 3 is 2.88 bits per heavy atom. The maximum absolute atomic E-state index is 11.9. The van der Waals surface area contributed by atoms with E-state index in [1.54, 1.807) is 11.1 Å². The summed E-state index contributed by atoms with van der Waals surface area (Å²) in [5.74, 6) is 0.537. The number of hydrogen-bond acceptors (Lipinski definition) is 5. The first-order valence-corrected chi connectivity index (χ1v) is 7.09. The molecule has 1 amide bonds. The number of hydrogen-bond donors (Lipinski definition) is 1. The van der Waals surface area contributed by atoms with Gasteiger partial charge >= 0.3 is 0 Å². The lowest BCUT2D eigenvalue weighted by molar-refractivity contribution is -0.127. The van der Waals surface area contributed by atoms with Gasteiger partial charge in [-0.15, -0.1) is 11.8 Å². The SMILES string of the molecule is C=C(C)CN(CC)C(=O)CSc1cnc(N)s1. The third kappa shape index (κ3) is 4.79. The normalized spacial score (nSPS) is 10.2. The second-order valence-corrected chi connectivity index (χ2v) is 6.01. The number of thioether (sulfide) groups is 1. The van der Waals surface area contributed by atoms with Crippen LogP contribution in [0.3, 0.4) is 0 Å². The van der Waals surface area contributed by atoms with Crippen molar-refractivity contribution in [1.29, 1.82) is 0 Å². The van der Waals surface area contributed by atoms with Crippen LogP contribution in [-0.4, -0.2) is 34.6 Å². The number of likely N-dealkylation sites (N-methyl/N-ethyl adjacent to an activating group) is 1. The Hall–Kier alpha value is -1.01. The molecule has 17 heavy (non-hydrogen) atoms. The van der Waals surface area contributed by atoms with E-state index in [-0.39, 0.29) is 5.91 Å². The number of thiazole rings is 1. The Kier molecular flexibility index (Phi) is 5.50. The molecule has 0 aliphatic carbocycles. The third-order valence-electron chi connectivity index (χ3n) is 2.04. The summed E-state index contributed by atoms with van der Waals surface area (Å²) >= 11 is 2.88. The summed E-state index contributed by atoms with van der Waals surface area (Å²) < 4.78 is 0.974. The van der Waals surface area contributed by atoms with Crippen molar-refractivity contribution >= 4 is 34.1 Å². The minimum Gasteiger partial charge on any atom is -0.375 e. The smallest absolute Gasteiger partial charge is 0.233 e. The second kappa shape index (κ2) is 6.66. The molecule has 0 saturated heterocycles. The molecular weight excluding hydrogens is 254 g/mol. The molecule has 0 saturated carbocycles. The van der Waals surface area contributed by atoms with Crippen molar-refractivity contribution in [3.05, 3.63) is 18.3 Å². The van der Waals surface area contributed by atoms with E-state index < -0.39 is 0 Å². The maximum atomic E-state index is 11.9. The largest absolute Gasteiger partial charge is 0.375 e. The number of aromatic nitrogens is 1. The fourth-order valence-corrected chi connectivity index (χ4v) is 2.93. The fraction of sp³-hybridized carbons (Fsp3) is 0.455. The molecule has 0 aliphatic heterocycles. The van der Waals surface area contributed by atoms with Gasteiger partial charge in [0.25, 0.3) is 0 Å². The van der Waals surface area contributed by atoms with Crippen LogP contribution >= 0.6 is 23.1 Å². The molecule has 6 heteroatoms. The molecule has 94 valence electrons. The monoisotopic (exact) mass is 271 g/mol. The van der Waals surface area contributed by atoms with Crippen LogP contribution in [0.4, 0.5) is 5.13 Å². The second-order valence-electron chi connectivity index (χ2n) is 3.67. The van der Waals surface area contributed by atoms with Crippen LogP contribution in [0.1, 0.15) is 13.8 Å². The highest BCUT2D eigenvalue weighted by molar-refractivity contribution is 8.01. The van der Waals surface area contributed by atoms with Gasteiger partial charge in [-0.05, 0) is 13.8 Å². The number of carbonyl (C=O) groups excluding carboxylic acids is 1. The van der Waals surface area contributed by atoms with Crippen molar-refractivity contribution in [2.45, 2.75) is 18.1 Å². The molecule has 0 fully saturated rings. The Morgan fingerprint density at radius 1 is 1.71 bits per heavy atom. The molecule has 1 aromatic heterocycles. The van der Waals surface area contributed by atoms with Crippen molar-refractivity contribution in [3.63, 3.8) is 0 Å². The average Bonchev–Trinajstić information content (AvgIpc) is 2.68. The molecule has 0 aromatic carbocycles. The van der Waals surface area contributed by atoms with Crippen molar-refractivity contribution in [1.82, 2.24) is 9.88 Å². The van der Waals surface area contributed by atoms with Gasteiger partial charge in [-0.2, -0.15) is 0 Å². The first-order valence-electron chi connectivity index (χ1n) is 5.29. The third-order valence-corrected chi connectivity index (χ3v) is 4.04. The van der Waals surface area contributed by atoms with E-state index in [1.807, 2.05) is 13.8 Å². The van der Waals surface area contributed by atoms with Crippen LogP contribution in [0.25, 0.3) is 0 Å². The number of nitrogen functional groups attached to an aromatic ring is 1. The molecule has 0 spiro atoms. The standard InChI is InChI=1S/C11H17N3OS2/c1-4-14(6-8(2)3)9(15)7-16-10-5-13-11(12)17-10/h5H,2,4,6-7H2,1,3H3,(H2,12,13). The van der Waals surface area contributed by atoms with Gasteiger partial charge in [-0.25, -0.2) is 4.98 Å². The lowest BCUT2D eigenvalue weighted by atomic mass is 10.3. The summed E-state index contributed by atoms with van der Waals surface area (Å²) in [7, 11) is 0. The van der Waals surface area contributed by atoms with Crippen molar-refractivity contribution in [3.8, 4) is 0 Å². The number of rotatable bonds is 6. The molecular formula is C11H17N3OS2. The van der Waals surface area contributed by atoms with Gasteiger partial charge in [-0.3, -0.25) is 4.79 Å². The Balaban J connectivity index is 2.44. The number of nitrogens with two attached hydrogens (primary N) is 1. The zero-order valence-corrected chi connectivity index (χ0v) is 11.7. The molecule has 0 aliphatic rings. The minimum atomic E-state index is 0.118. The van der Waals surface area contributed by atoms with E-state index in [0.717, 1.165) is 9.78 Å². The van der Waals surface area contributed by atoms with E-state index >= 15 is 0 Å². The van der Waals surface area contributed by atoms with Gasteiger partial charge in [0.1, 0.15) is 0 Å². The van der Waals surface area contributed by atoms with Crippen LogP contribution in [0.2, 0.25) is 0 Å². The molecule has 0 atom stereocenters. The minimum absolute atomic E-state index is 0.118. The van der Waals surface area contributed by atoms with Gasteiger partial charge in [0.15, 0.2) is 5.13 Å². The predicted octanol–water partition coefficient (Wildman–Crippen LogP) is 2.24. The summed E-state index contributed by atoms with van der Waals surface area (Å²) in [6, 6.07) is 0. The molecule has 0 radical (unpaired) electrons. The quantitative estimate of drug-likeness (QED) is 0.637. The van der Waals surface area contributed by atoms with E-state index in [1.165, 1.54) is 23.1 Å². The first-order chi connectivity index (χ1) is 8.02. The van der Waals surface area contributed by atoms with Crippen molar-refractivity contribution in [2.24, 2.45) is 0 Å². The zero-order valence-electron chi connectivity index (χ0n) is 10.1. The van der Waals surface area contributed by atoms with E-state index in [4.69, 9.17) is 5.73 Å². The number of anilines is 1. The molecule has 4 nitrogen and oxygen atoms in total. The summed E-state index contributed by atoms with van der Waals surface area (Å²) in [6.07, 6.45) is 1.70. The van der Waals surface area contributed by atoms with Crippen LogP contribution in [0, 0.1) is 0 Å². The Labute approximate surface area is 110 Å². The highest BCUT2D eigenvalue weighted by Gasteiger charge is 2.12. The van der Waals surface area contributed by atoms with E-state index in [9.17, 15) is 4.79 Å². The molecule has 2 N–H and O–H groups in total. The Morgan fingerprint density at radius 2 is 2.41 bits per heavy atom. The molecule has 1 heterocycles. The van der Waals surface area contributed by atoms with Gasteiger partial charge in [0, 0.05) is 13.1 Å². The number of carbonyl (C=O) groups is 1. The highest BCUT2D eigenvalue weighted by atomic mass is 32.2. The van der Waals surface area contributed by atoms with Crippen LogP contribution in [0.15, 0.2) is 22.6 Å². The van der Waals surface area contributed by atoms with Gasteiger partial charge in [0.2, 0.25) is 5.91 Å². The summed E-state index contributed by atoms with van der Waals surface area (Å²) in [6.45, 7) is 9.04. The van der Waals surface area contributed by atoms with Crippen molar-refractivity contribution in [2.75, 3.05) is 24.6 Å². The van der Waals surface area contributed by atoms with Gasteiger partial charge in [0.05, 0.1) is 16.2 Å². The van der Waals surface area contributed by atoms with E-state index in [2.05, 4.69) is 11.6 Å². The summed E-state index contributed by atoms with van der Waals surface area (Å²) in [5.41, 5.74) is 6.52. The summed E-state index contributed by atoms with van der Waals surface area (Å²) in [5, 5.41) is 0.536. The van der Waals surface area contributed by atoms with Crippen LogP contribution in [-0.2, 0) is 4.79 Å². The molecule has 1 aromatic rings. The van der Waals surface area contributed by atoms with Crippen molar-refractivity contribution < 1.29 is 4.79 Å². The highest BCUT2D eigenvalue weighted by Crippen LogP contribution is 2.26. The number of amides is 1. The van der Waals surface area contributed by atoms with Gasteiger partial charge in [-0.1, -0.05) is 23.5 Å². The van der Waals surface area contributed by atoms with Gasteiger partial charge < -0.3 is 10.6 Å². The Bertz CT molecular complexity index is 403. The number of nitrogens with zero attached hydrogens (tertiary/aromatic N) is 2. The molecule has 0 unspecified atom stereocenters. The molecule has 1 rings (SSSR count). The van der Waals surface area contributed by atoms with E-state index in [0.29, 0.717) is 24.0 Å². The molecule has 0 bridgehead atoms. The lowest BCUT2D eigenvalue weighted by Crippen LogP contribution is -2.33. The summed E-state index contributed by atoms with van der Waals surface area (Å²) in [4.78, 5) is 17.6. The first kappa shape index (κ1) is 14.1. The fourth-order valence-electron chi connectivity index (χ4n) is 1.27. The topological polar surface area (TPSA) is 59.2 Å². The lowest BCUT2D eigenvalue weighted by Gasteiger charge is -2.20. The predicted molar refractivity (Wildman–Crippen MR) is 74.3 cm³/mol. The van der Waals surface area contributed by atoms with Crippen LogP contribution in [0.5, 0.6) is 0 Å².